The number of aryl methyl sites for hydroxylation is 2. The summed E-state index contributed by atoms with van der Waals surface area (Å²) in [6.07, 6.45) is 7.56. The summed E-state index contributed by atoms with van der Waals surface area (Å²) < 4.78 is 6.04. The van der Waals surface area contributed by atoms with E-state index in [-0.39, 0.29) is 36.0 Å². The molecule has 3 atom stereocenters. The first-order valence-corrected chi connectivity index (χ1v) is 15.5. The fourth-order valence-corrected chi connectivity index (χ4v) is 7.27. The number of nitrogens with one attached hydrogen (secondary N) is 1. The van der Waals surface area contributed by atoms with Crippen LogP contribution in [0.25, 0.3) is 0 Å². The van der Waals surface area contributed by atoms with E-state index in [4.69, 9.17) is 10.5 Å². The summed E-state index contributed by atoms with van der Waals surface area (Å²) in [5, 5.41) is 3.31. The maximum atomic E-state index is 13.8. The van der Waals surface area contributed by atoms with Gasteiger partial charge in [-0.2, -0.15) is 0 Å². The van der Waals surface area contributed by atoms with Crippen molar-refractivity contribution in [2.75, 3.05) is 19.7 Å². The van der Waals surface area contributed by atoms with E-state index >= 15 is 0 Å². The predicted octanol–water partition coefficient (Wildman–Crippen LogP) is 4.41. The molecule has 3 N–H and O–H groups in total. The number of ether oxygens (including phenoxy) is 1. The first-order valence-electron chi connectivity index (χ1n) is 14.7. The Morgan fingerprint density at radius 1 is 1.05 bits per heavy atom. The summed E-state index contributed by atoms with van der Waals surface area (Å²) in [6.45, 7) is 7.27. The third kappa shape index (κ3) is 7.28. The van der Waals surface area contributed by atoms with Gasteiger partial charge in [-0.15, -0.1) is 11.3 Å². The van der Waals surface area contributed by atoms with Gasteiger partial charge in [-0.1, -0.05) is 17.7 Å². The minimum Gasteiger partial charge on any atom is -0.377 e. The van der Waals surface area contributed by atoms with E-state index in [1.807, 2.05) is 47.4 Å². The number of likely N-dealkylation sites (tertiary alicyclic amines) is 1. The van der Waals surface area contributed by atoms with Gasteiger partial charge in [0.25, 0.3) is 5.91 Å². The third-order valence-corrected chi connectivity index (χ3v) is 9.67. The zero-order chi connectivity index (χ0) is 27.4. The number of piperidine rings is 1. The van der Waals surface area contributed by atoms with Crippen LogP contribution in [0.15, 0.2) is 36.4 Å². The second-order valence-corrected chi connectivity index (χ2v) is 13.1. The summed E-state index contributed by atoms with van der Waals surface area (Å²) in [6, 6.07) is 12.2. The van der Waals surface area contributed by atoms with Gasteiger partial charge in [0, 0.05) is 59.7 Å². The molecule has 8 heteroatoms. The van der Waals surface area contributed by atoms with Crippen LogP contribution in [0.2, 0.25) is 0 Å². The number of rotatable bonds is 8. The summed E-state index contributed by atoms with van der Waals surface area (Å²) in [5.74, 6) is -0.0801. The summed E-state index contributed by atoms with van der Waals surface area (Å²) >= 11 is 1.84. The minimum atomic E-state index is -0.495. The SMILES string of the molecule is Cc1ccc(C(=O)N2CCC(N(Cc3ccc(C)s3)CC3CCCO3)C[C@@H]2C(=O)NC2CCC(N)CC2)cc1. The van der Waals surface area contributed by atoms with Gasteiger partial charge in [-0.3, -0.25) is 14.5 Å². The van der Waals surface area contributed by atoms with Gasteiger partial charge in [0.1, 0.15) is 6.04 Å². The molecule has 2 saturated heterocycles. The zero-order valence-corrected chi connectivity index (χ0v) is 24.3. The molecule has 2 unspecified atom stereocenters. The normalized spacial score (nSPS) is 27.6. The Hall–Kier alpha value is -2.26. The molecular weight excluding hydrogens is 508 g/mol. The smallest absolute Gasteiger partial charge is 0.254 e. The topological polar surface area (TPSA) is 87.9 Å². The Balaban J connectivity index is 1.36. The van der Waals surface area contributed by atoms with E-state index in [1.54, 1.807) is 0 Å². The van der Waals surface area contributed by atoms with Crippen molar-refractivity contribution in [3.05, 3.63) is 57.3 Å². The van der Waals surface area contributed by atoms with E-state index in [0.717, 1.165) is 70.2 Å². The van der Waals surface area contributed by atoms with Gasteiger partial charge in [0.2, 0.25) is 5.91 Å². The van der Waals surface area contributed by atoms with E-state index in [2.05, 4.69) is 29.3 Å². The average Bonchev–Trinajstić information content (AvgIpc) is 3.61. The molecule has 3 fully saturated rings. The highest BCUT2D eigenvalue weighted by Crippen LogP contribution is 2.29. The first-order chi connectivity index (χ1) is 18.9. The van der Waals surface area contributed by atoms with Crippen LogP contribution in [0.5, 0.6) is 0 Å². The van der Waals surface area contributed by atoms with Crippen molar-refractivity contribution in [1.29, 1.82) is 0 Å². The molecule has 0 bridgehead atoms. The molecule has 1 aromatic heterocycles. The maximum Gasteiger partial charge on any atom is 0.254 e. The molecule has 0 spiro atoms. The number of carbonyl (C=O) groups excluding carboxylic acids is 2. The fraction of sp³-hybridized carbons (Fsp3) is 0.613. The molecule has 1 aromatic carbocycles. The highest BCUT2D eigenvalue weighted by Gasteiger charge is 2.40. The van der Waals surface area contributed by atoms with E-state index in [9.17, 15) is 9.59 Å². The molecule has 2 aliphatic heterocycles. The van der Waals surface area contributed by atoms with Crippen LogP contribution in [0.3, 0.4) is 0 Å². The van der Waals surface area contributed by atoms with Crippen molar-refractivity contribution in [2.45, 2.75) is 102 Å². The number of amides is 2. The Bertz CT molecular complexity index is 1110. The van der Waals surface area contributed by atoms with E-state index in [1.165, 1.54) is 9.75 Å². The lowest BCUT2D eigenvalue weighted by Crippen LogP contribution is -2.59. The van der Waals surface area contributed by atoms with Gasteiger partial charge < -0.3 is 20.7 Å². The number of nitrogens with two attached hydrogens (primary N) is 1. The molecule has 3 aliphatic rings. The van der Waals surface area contributed by atoms with Crippen LogP contribution < -0.4 is 11.1 Å². The van der Waals surface area contributed by atoms with Gasteiger partial charge >= 0.3 is 0 Å². The summed E-state index contributed by atoms with van der Waals surface area (Å²) in [5.41, 5.74) is 7.87. The second-order valence-electron chi connectivity index (χ2n) is 11.8. The molecule has 1 aliphatic carbocycles. The molecule has 2 amide bonds. The second kappa shape index (κ2) is 12.9. The third-order valence-electron chi connectivity index (χ3n) is 8.69. The Labute approximate surface area is 237 Å². The Kier molecular flexibility index (Phi) is 9.38. The number of hydrogen-bond donors (Lipinski definition) is 2. The molecular formula is C31H44N4O3S. The Morgan fingerprint density at radius 2 is 1.82 bits per heavy atom. The van der Waals surface area contributed by atoms with Crippen LogP contribution in [-0.4, -0.2) is 71.6 Å². The van der Waals surface area contributed by atoms with Crippen molar-refractivity contribution < 1.29 is 14.3 Å². The molecule has 212 valence electrons. The largest absolute Gasteiger partial charge is 0.377 e. The van der Waals surface area contributed by atoms with Crippen LogP contribution in [0.1, 0.15) is 77.0 Å². The number of nitrogens with zero attached hydrogens (tertiary/aromatic N) is 2. The monoisotopic (exact) mass is 552 g/mol. The number of thiophene rings is 1. The van der Waals surface area contributed by atoms with Crippen molar-refractivity contribution in [3.63, 3.8) is 0 Å². The lowest BCUT2D eigenvalue weighted by Gasteiger charge is -2.44. The standard InChI is InChI=1S/C31H44N4O3S/c1-21-5-8-23(9-6-21)31(37)35-16-15-26(18-29(35)30(36)33-25-12-10-24(32)11-13-25)34(19-27-4-3-17-38-27)20-28-14-7-22(2)39-28/h5-9,14,24-27,29H,3-4,10-13,15-20,32H2,1-2H3,(H,33,36)/t24?,25?,26?,27?,29-/m1/s1. The van der Waals surface area contributed by atoms with E-state index in [0.29, 0.717) is 18.5 Å². The highest BCUT2D eigenvalue weighted by molar-refractivity contribution is 7.11. The zero-order valence-electron chi connectivity index (χ0n) is 23.4. The maximum absolute atomic E-state index is 13.8. The van der Waals surface area contributed by atoms with Gasteiger partial charge in [-0.25, -0.2) is 0 Å². The van der Waals surface area contributed by atoms with E-state index < -0.39 is 6.04 Å². The first kappa shape index (κ1) is 28.3. The molecule has 5 rings (SSSR count). The number of carbonyl (C=O) groups is 2. The molecule has 39 heavy (non-hydrogen) atoms. The average molecular weight is 553 g/mol. The molecule has 7 nitrogen and oxygen atoms in total. The Morgan fingerprint density at radius 3 is 2.49 bits per heavy atom. The molecule has 0 radical (unpaired) electrons. The van der Waals surface area contributed by atoms with Crippen LogP contribution in [-0.2, 0) is 16.1 Å². The lowest BCUT2D eigenvalue weighted by molar-refractivity contribution is -0.128. The molecule has 2 aromatic rings. The number of benzene rings is 1. The van der Waals surface area contributed by atoms with Crippen LogP contribution in [0.4, 0.5) is 0 Å². The van der Waals surface area contributed by atoms with Crippen molar-refractivity contribution in [1.82, 2.24) is 15.1 Å². The van der Waals surface area contributed by atoms with Crippen molar-refractivity contribution >= 4 is 23.2 Å². The van der Waals surface area contributed by atoms with Crippen molar-refractivity contribution in [3.8, 4) is 0 Å². The number of hydrogen-bond acceptors (Lipinski definition) is 6. The molecule has 3 heterocycles. The van der Waals surface area contributed by atoms with Gasteiger partial charge in [0.05, 0.1) is 6.10 Å². The van der Waals surface area contributed by atoms with Gasteiger partial charge in [0.15, 0.2) is 0 Å². The summed E-state index contributed by atoms with van der Waals surface area (Å²) in [4.78, 5) is 34.5. The van der Waals surface area contributed by atoms with Crippen LogP contribution >= 0.6 is 11.3 Å². The minimum absolute atomic E-state index is 0.0235. The fourth-order valence-electron chi connectivity index (χ4n) is 6.36. The van der Waals surface area contributed by atoms with Crippen LogP contribution in [0, 0.1) is 13.8 Å². The molecule has 1 saturated carbocycles. The predicted molar refractivity (Wildman–Crippen MR) is 156 cm³/mol. The van der Waals surface area contributed by atoms with Gasteiger partial charge in [-0.05, 0) is 89.5 Å². The lowest BCUT2D eigenvalue weighted by atomic mass is 9.90. The summed E-state index contributed by atoms with van der Waals surface area (Å²) in [7, 11) is 0. The quantitative estimate of drug-likeness (QED) is 0.507. The van der Waals surface area contributed by atoms with Crippen molar-refractivity contribution in [2.24, 2.45) is 5.73 Å². The highest BCUT2D eigenvalue weighted by atomic mass is 32.1.